The second kappa shape index (κ2) is 9.53. The van der Waals surface area contributed by atoms with Crippen molar-refractivity contribution in [1.29, 1.82) is 0 Å². The minimum atomic E-state index is -3.72. The van der Waals surface area contributed by atoms with Gasteiger partial charge in [0.25, 0.3) is 0 Å². The molecule has 10 heteroatoms. The predicted octanol–water partition coefficient (Wildman–Crippen LogP) is 0.933. The summed E-state index contributed by atoms with van der Waals surface area (Å²) in [7, 11) is -2.33. The van der Waals surface area contributed by atoms with Crippen LogP contribution in [0.15, 0.2) is 29.4 Å². The van der Waals surface area contributed by atoms with Crippen LogP contribution in [0.25, 0.3) is 0 Å². The third-order valence-corrected chi connectivity index (χ3v) is 5.85. The van der Waals surface area contributed by atoms with E-state index < -0.39 is 10.0 Å². The van der Waals surface area contributed by atoms with Crippen LogP contribution in [0, 0.1) is 0 Å². The monoisotopic (exact) mass is 398 g/mol. The zero-order valence-corrected chi connectivity index (χ0v) is 15.9. The molecule has 0 unspecified atom stereocenters. The Kier molecular flexibility index (Phi) is 9.16. The summed E-state index contributed by atoms with van der Waals surface area (Å²) in [5, 5.41) is 2.91. The number of sulfonamides is 1. The molecule has 2 rings (SSSR count). The largest absolute Gasteiger partial charge is 0.348 e. The number of carbonyl (C=O) groups is 1. The molecule has 7 nitrogen and oxygen atoms in total. The van der Waals surface area contributed by atoms with Crippen LogP contribution in [0.1, 0.15) is 25.7 Å². The molecular formula is C14H24Cl2N4O3S. The van der Waals surface area contributed by atoms with Crippen LogP contribution in [0.4, 0.5) is 0 Å². The zero-order chi connectivity index (χ0) is 16.2. The van der Waals surface area contributed by atoms with Gasteiger partial charge in [-0.15, -0.1) is 24.8 Å². The minimum absolute atomic E-state index is 0. The molecule has 1 aromatic heterocycles. The Labute approximate surface area is 155 Å². The Bertz CT molecular complexity index is 622. The fourth-order valence-electron chi connectivity index (χ4n) is 2.73. The number of hydrogen-bond donors (Lipinski definition) is 2. The van der Waals surface area contributed by atoms with Crippen molar-refractivity contribution < 1.29 is 13.2 Å². The molecule has 0 aromatic carbocycles. The second-order valence-electron chi connectivity index (χ2n) is 5.69. The Morgan fingerprint density at radius 3 is 2.50 bits per heavy atom. The average molecular weight is 399 g/mol. The van der Waals surface area contributed by atoms with E-state index in [1.807, 2.05) is 0 Å². The normalized spacial score (nSPS) is 16.1. The van der Waals surface area contributed by atoms with E-state index in [2.05, 4.69) is 10.3 Å². The number of nitrogens with two attached hydrogens (primary N) is 1. The van der Waals surface area contributed by atoms with Crippen LogP contribution < -0.4 is 11.1 Å². The molecule has 1 heterocycles. The van der Waals surface area contributed by atoms with Crippen LogP contribution in [0.5, 0.6) is 0 Å². The van der Waals surface area contributed by atoms with Gasteiger partial charge in [0.15, 0.2) is 0 Å². The van der Waals surface area contributed by atoms with Crippen LogP contribution in [0.3, 0.4) is 0 Å². The molecular weight excluding hydrogens is 375 g/mol. The number of nitrogens with zero attached hydrogens (tertiary/aromatic N) is 2. The van der Waals surface area contributed by atoms with Gasteiger partial charge in [-0.1, -0.05) is 12.8 Å². The van der Waals surface area contributed by atoms with Gasteiger partial charge in [0.2, 0.25) is 15.9 Å². The quantitative estimate of drug-likeness (QED) is 0.741. The van der Waals surface area contributed by atoms with Gasteiger partial charge in [0.05, 0.1) is 12.1 Å². The molecule has 24 heavy (non-hydrogen) atoms. The summed E-state index contributed by atoms with van der Waals surface area (Å²) in [4.78, 5) is 16.0. The SMILES string of the molecule is CN(CC(=O)NC1(CN)CCCC1)S(=O)(=O)c1cccnc1.Cl.Cl. The molecule has 0 atom stereocenters. The lowest BCUT2D eigenvalue weighted by molar-refractivity contribution is -0.122. The van der Waals surface area contributed by atoms with Crippen LogP contribution in [-0.2, 0) is 14.8 Å². The highest BCUT2D eigenvalue weighted by atomic mass is 35.5. The van der Waals surface area contributed by atoms with Gasteiger partial charge in [0.1, 0.15) is 4.90 Å². The predicted molar refractivity (Wildman–Crippen MR) is 96.9 cm³/mol. The second-order valence-corrected chi connectivity index (χ2v) is 7.73. The highest BCUT2D eigenvalue weighted by molar-refractivity contribution is 7.89. The molecule has 1 saturated carbocycles. The first-order chi connectivity index (χ1) is 10.4. The minimum Gasteiger partial charge on any atom is -0.348 e. The van der Waals surface area contributed by atoms with Gasteiger partial charge in [0, 0.05) is 26.0 Å². The number of amides is 1. The van der Waals surface area contributed by atoms with Crippen molar-refractivity contribution in [1.82, 2.24) is 14.6 Å². The van der Waals surface area contributed by atoms with Crippen molar-refractivity contribution in [3.63, 3.8) is 0 Å². The van der Waals surface area contributed by atoms with Crippen molar-refractivity contribution in [3.8, 4) is 0 Å². The molecule has 1 fully saturated rings. The molecule has 1 amide bonds. The first-order valence-corrected chi connectivity index (χ1v) is 8.71. The summed E-state index contributed by atoms with van der Waals surface area (Å²) in [6.45, 7) is 0.136. The number of likely N-dealkylation sites (N-methyl/N-ethyl adjacent to an activating group) is 1. The van der Waals surface area contributed by atoms with Gasteiger partial charge in [-0.25, -0.2) is 8.42 Å². The maximum absolute atomic E-state index is 12.3. The molecule has 1 aliphatic carbocycles. The Morgan fingerprint density at radius 1 is 1.38 bits per heavy atom. The molecule has 1 aromatic rings. The topological polar surface area (TPSA) is 105 Å². The molecule has 0 radical (unpaired) electrons. The number of aromatic nitrogens is 1. The lowest BCUT2D eigenvalue weighted by atomic mass is 9.98. The van der Waals surface area contributed by atoms with E-state index >= 15 is 0 Å². The van der Waals surface area contributed by atoms with Gasteiger partial charge in [-0.05, 0) is 25.0 Å². The fraction of sp³-hybridized carbons (Fsp3) is 0.571. The molecule has 138 valence electrons. The van der Waals surface area contributed by atoms with Gasteiger partial charge < -0.3 is 11.1 Å². The van der Waals surface area contributed by atoms with Gasteiger partial charge in [-0.3, -0.25) is 9.78 Å². The van der Waals surface area contributed by atoms with E-state index in [1.54, 1.807) is 6.07 Å². The Balaban J connectivity index is 0.00000264. The Morgan fingerprint density at radius 2 is 2.00 bits per heavy atom. The summed E-state index contributed by atoms with van der Waals surface area (Å²) in [6.07, 6.45) is 6.50. The van der Waals surface area contributed by atoms with Gasteiger partial charge >= 0.3 is 0 Å². The van der Waals surface area contributed by atoms with Crippen LogP contribution >= 0.6 is 24.8 Å². The van der Waals surface area contributed by atoms with E-state index in [4.69, 9.17) is 5.73 Å². The van der Waals surface area contributed by atoms with Crippen molar-refractivity contribution in [2.45, 2.75) is 36.1 Å². The van der Waals surface area contributed by atoms with E-state index in [9.17, 15) is 13.2 Å². The lowest BCUT2D eigenvalue weighted by Crippen LogP contribution is -2.54. The third-order valence-electron chi connectivity index (χ3n) is 4.06. The zero-order valence-electron chi connectivity index (χ0n) is 13.5. The summed E-state index contributed by atoms with van der Waals surface area (Å²) in [5.74, 6) is -0.331. The summed E-state index contributed by atoms with van der Waals surface area (Å²) >= 11 is 0. The molecule has 0 bridgehead atoms. The Hall–Kier alpha value is -0.930. The first-order valence-electron chi connectivity index (χ1n) is 7.27. The van der Waals surface area contributed by atoms with Crippen LogP contribution in [-0.4, -0.2) is 49.3 Å². The average Bonchev–Trinajstić information content (AvgIpc) is 2.97. The third kappa shape index (κ3) is 5.29. The molecule has 0 saturated heterocycles. The van der Waals surface area contributed by atoms with Crippen molar-refractivity contribution in [2.75, 3.05) is 20.1 Å². The maximum atomic E-state index is 12.3. The van der Waals surface area contributed by atoms with E-state index in [-0.39, 0.29) is 47.7 Å². The van der Waals surface area contributed by atoms with Crippen molar-refractivity contribution >= 4 is 40.7 Å². The number of rotatable bonds is 6. The smallest absolute Gasteiger partial charge is 0.244 e. The van der Waals surface area contributed by atoms with E-state index in [0.717, 1.165) is 30.0 Å². The molecule has 1 aliphatic rings. The number of nitrogens with one attached hydrogen (secondary N) is 1. The van der Waals surface area contributed by atoms with E-state index in [0.29, 0.717) is 6.54 Å². The number of hydrogen-bond acceptors (Lipinski definition) is 5. The standard InChI is InChI=1S/C14H22N4O3S.2ClH/c1-18(22(20,21)12-5-4-8-16-9-12)10-13(19)17-14(11-15)6-2-3-7-14;;/h4-5,8-9H,2-3,6-7,10-11,15H2,1H3,(H,17,19);2*1H. The summed E-state index contributed by atoms with van der Waals surface area (Å²) in [5.41, 5.74) is 5.39. The van der Waals surface area contributed by atoms with Crippen LogP contribution in [0.2, 0.25) is 0 Å². The fourth-order valence-corrected chi connectivity index (χ4v) is 3.83. The number of pyridine rings is 1. The molecule has 0 aliphatic heterocycles. The number of halogens is 2. The molecule has 3 N–H and O–H groups in total. The summed E-state index contributed by atoms with van der Waals surface area (Å²) < 4.78 is 25.7. The number of carbonyl (C=O) groups excluding carboxylic acids is 1. The van der Waals surface area contributed by atoms with E-state index in [1.165, 1.54) is 25.5 Å². The summed E-state index contributed by atoms with van der Waals surface area (Å²) in [6, 6.07) is 3.00. The van der Waals surface area contributed by atoms with Crippen molar-refractivity contribution in [2.24, 2.45) is 5.73 Å². The maximum Gasteiger partial charge on any atom is 0.244 e. The highest BCUT2D eigenvalue weighted by Gasteiger charge is 2.34. The van der Waals surface area contributed by atoms with Gasteiger partial charge in [-0.2, -0.15) is 4.31 Å². The van der Waals surface area contributed by atoms with Crippen molar-refractivity contribution in [3.05, 3.63) is 24.5 Å². The highest BCUT2D eigenvalue weighted by Crippen LogP contribution is 2.28. The lowest BCUT2D eigenvalue weighted by Gasteiger charge is -2.29. The first kappa shape index (κ1) is 23.1. The molecule has 0 spiro atoms.